The fraction of sp³-hybridized carbons (Fsp3) is 0.0526. The number of benzene rings is 2. The Morgan fingerprint density at radius 2 is 1.72 bits per heavy atom. The van der Waals surface area contributed by atoms with Crippen molar-refractivity contribution in [1.82, 2.24) is 4.98 Å². The number of halogens is 5. The molecule has 1 heterocycles. The molecule has 0 bridgehead atoms. The Hall–Kier alpha value is -3.33. The van der Waals surface area contributed by atoms with E-state index in [1.807, 2.05) is 0 Å². The third kappa shape index (κ3) is 4.09. The van der Waals surface area contributed by atoms with Crippen molar-refractivity contribution in [3.8, 4) is 16.9 Å². The number of hydrogen-bond acceptors (Lipinski definition) is 3. The summed E-state index contributed by atoms with van der Waals surface area (Å²) in [6, 6.07) is 4.14. The summed E-state index contributed by atoms with van der Waals surface area (Å²) in [5.74, 6) is -5.53. The minimum absolute atomic E-state index is 0.0845. The highest BCUT2D eigenvalue weighted by Crippen LogP contribution is 2.37. The van der Waals surface area contributed by atoms with E-state index in [0.29, 0.717) is 18.2 Å². The van der Waals surface area contributed by atoms with Crippen molar-refractivity contribution in [3.05, 3.63) is 86.3 Å². The number of H-pyrrole nitrogens is 1. The quantitative estimate of drug-likeness (QED) is 0.606. The minimum Gasteiger partial charge on any atom is -0.486 e. The van der Waals surface area contributed by atoms with E-state index in [4.69, 9.17) is 22.1 Å². The number of nitrogens with one attached hydrogen (secondary N) is 1. The van der Waals surface area contributed by atoms with Crippen LogP contribution < -0.4 is 16.0 Å². The second-order valence-electron chi connectivity index (χ2n) is 5.88. The van der Waals surface area contributed by atoms with Crippen LogP contribution in [0.15, 0.2) is 41.3 Å². The molecule has 0 radical (unpaired) electrons. The number of rotatable bonds is 5. The van der Waals surface area contributed by atoms with Crippen LogP contribution in [0, 0.1) is 23.3 Å². The van der Waals surface area contributed by atoms with E-state index in [2.05, 4.69) is 4.98 Å². The summed E-state index contributed by atoms with van der Waals surface area (Å²) in [4.78, 5) is 25.2. The maximum Gasteiger partial charge on any atom is 0.270 e. The molecule has 2 aromatic carbocycles. The first-order valence-corrected chi connectivity index (χ1v) is 8.34. The summed E-state index contributed by atoms with van der Waals surface area (Å²) in [6.07, 6.45) is 0.954. The molecule has 0 aliphatic carbocycles. The van der Waals surface area contributed by atoms with Gasteiger partial charge in [-0.05, 0) is 24.3 Å². The Balaban J connectivity index is 2.09. The van der Waals surface area contributed by atoms with Crippen molar-refractivity contribution in [3.63, 3.8) is 0 Å². The number of pyridine rings is 1. The fourth-order valence-corrected chi connectivity index (χ4v) is 2.79. The van der Waals surface area contributed by atoms with Gasteiger partial charge in [-0.2, -0.15) is 0 Å². The first-order valence-electron chi connectivity index (χ1n) is 7.96. The molecule has 1 aromatic heterocycles. The molecule has 0 fully saturated rings. The Bertz CT molecular complexity index is 1160. The van der Waals surface area contributed by atoms with E-state index in [1.165, 1.54) is 0 Å². The number of carbonyl (C=O) groups excluding carboxylic acids is 1. The molecule has 10 heteroatoms. The lowest BCUT2D eigenvalue weighted by Gasteiger charge is -2.15. The number of carbonyl (C=O) groups is 1. The summed E-state index contributed by atoms with van der Waals surface area (Å²) >= 11 is 5.92. The summed E-state index contributed by atoms with van der Waals surface area (Å²) in [5, 5.41) is -0.539. The first-order chi connectivity index (χ1) is 13.7. The Labute approximate surface area is 165 Å². The molecule has 0 unspecified atom stereocenters. The van der Waals surface area contributed by atoms with Gasteiger partial charge in [-0.25, -0.2) is 17.6 Å². The highest BCUT2D eigenvalue weighted by atomic mass is 35.5. The molecule has 0 saturated carbocycles. The summed E-state index contributed by atoms with van der Waals surface area (Å²) in [5.41, 5.74) is 2.77. The summed E-state index contributed by atoms with van der Waals surface area (Å²) in [6.45, 7) is -0.509. The number of primary amides is 1. The van der Waals surface area contributed by atoms with Crippen molar-refractivity contribution in [2.24, 2.45) is 5.73 Å². The van der Waals surface area contributed by atoms with Crippen LogP contribution >= 0.6 is 11.6 Å². The van der Waals surface area contributed by atoms with Crippen LogP contribution in [0.1, 0.15) is 15.9 Å². The average molecular weight is 427 g/mol. The Morgan fingerprint density at radius 3 is 2.31 bits per heavy atom. The number of ether oxygens (including phenoxy) is 1. The maximum atomic E-state index is 14.5. The van der Waals surface area contributed by atoms with Gasteiger partial charge < -0.3 is 15.5 Å². The van der Waals surface area contributed by atoms with Crippen LogP contribution in [0.4, 0.5) is 17.6 Å². The lowest BCUT2D eigenvalue weighted by atomic mass is 10.0. The molecule has 3 rings (SSSR count). The van der Waals surface area contributed by atoms with Gasteiger partial charge in [-0.1, -0.05) is 11.6 Å². The topological polar surface area (TPSA) is 85.2 Å². The van der Waals surface area contributed by atoms with Crippen molar-refractivity contribution in [2.45, 2.75) is 6.61 Å². The molecule has 5 nitrogen and oxygen atoms in total. The number of aromatic amines is 1. The molecule has 150 valence electrons. The van der Waals surface area contributed by atoms with Crippen LogP contribution in [-0.4, -0.2) is 10.9 Å². The van der Waals surface area contributed by atoms with Gasteiger partial charge in [-0.3, -0.25) is 9.59 Å². The van der Waals surface area contributed by atoms with Gasteiger partial charge in [0.2, 0.25) is 5.91 Å². The van der Waals surface area contributed by atoms with E-state index in [0.717, 1.165) is 18.3 Å². The highest BCUT2D eigenvalue weighted by Gasteiger charge is 2.22. The minimum atomic E-state index is -1.17. The SMILES string of the molecule is NC(=O)c1cc(F)c(-c2c[nH]c(=O)c(Cl)c2OCc2ccc(F)cc2F)c(F)c1. The molecule has 0 atom stereocenters. The predicted octanol–water partition coefficient (Wildman–Crippen LogP) is 3.93. The second kappa shape index (κ2) is 7.96. The van der Waals surface area contributed by atoms with Crippen LogP contribution in [-0.2, 0) is 6.61 Å². The fourth-order valence-electron chi connectivity index (χ4n) is 2.58. The average Bonchev–Trinajstić information content (AvgIpc) is 2.64. The van der Waals surface area contributed by atoms with Crippen LogP contribution in [0.25, 0.3) is 11.1 Å². The number of aromatic nitrogens is 1. The van der Waals surface area contributed by atoms with Gasteiger partial charge in [-0.15, -0.1) is 0 Å². The summed E-state index contributed by atoms with van der Waals surface area (Å²) < 4.78 is 61.2. The van der Waals surface area contributed by atoms with Crippen molar-refractivity contribution in [1.29, 1.82) is 0 Å². The van der Waals surface area contributed by atoms with E-state index < -0.39 is 63.2 Å². The molecule has 3 aromatic rings. The zero-order valence-electron chi connectivity index (χ0n) is 14.4. The first kappa shape index (κ1) is 20.4. The van der Waals surface area contributed by atoms with E-state index in [9.17, 15) is 27.2 Å². The van der Waals surface area contributed by atoms with Gasteiger partial charge in [0.1, 0.15) is 34.9 Å². The van der Waals surface area contributed by atoms with E-state index in [-0.39, 0.29) is 11.1 Å². The lowest BCUT2D eigenvalue weighted by molar-refractivity contribution is 0.0999. The van der Waals surface area contributed by atoms with Crippen LogP contribution in [0.2, 0.25) is 5.02 Å². The van der Waals surface area contributed by atoms with Crippen LogP contribution in [0.5, 0.6) is 5.75 Å². The van der Waals surface area contributed by atoms with Gasteiger partial charge in [0.25, 0.3) is 5.56 Å². The van der Waals surface area contributed by atoms with Gasteiger partial charge in [0.15, 0.2) is 5.75 Å². The summed E-state index contributed by atoms with van der Waals surface area (Å²) in [7, 11) is 0. The predicted molar refractivity (Wildman–Crippen MR) is 96.6 cm³/mol. The Kier molecular flexibility index (Phi) is 5.60. The third-order valence-electron chi connectivity index (χ3n) is 3.97. The number of amides is 1. The second-order valence-corrected chi connectivity index (χ2v) is 6.26. The van der Waals surface area contributed by atoms with E-state index >= 15 is 0 Å². The third-order valence-corrected chi connectivity index (χ3v) is 4.32. The van der Waals surface area contributed by atoms with E-state index in [1.54, 1.807) is 0 Å². The molecule has 0 aliphatic rings. The molecule has 1 amide bonds. The van der Waals surface area contributed by atoms with Gasteiger partial charge in [0.05, 0.1) is 5.56 Å². The molecular weight excluding hydrogens is 416 g/mol. The van der Waals surface area contributed by atoms with Crippen molar-refractivity contribution >= 4 is 17.5 Å². The molecule has 29 heavy (non-hydrogen) atoms. The van der Waals surface area contributed by atoms with Crippen molar-refractivity contribution in [2.75, 3.05) is 0 Å². The maximum absolute atomic E-state index is 14.5. The Morgan fingerprint density at radius 1 is 1.07 bits per heavy atom. The highest BCUT2D eigenvalue weighted by molar-refractivity contribution is 6.32. The van der Waals surface area contributed by atoms with Gasteiger partial charge in [0, 0.05) is 29.0 Å². The number of nitrogens with two attached hydrogens (primary N) is 1. The zero-order valence-corrected chi connectivity index (χ0v) is 15.1. The smallest absolute Gasteiger partial charge is 0.270 e. The lowest BCUT2D eigenvalue weighted by Crippen LogP contribution is -2.13. The zero-order chi connectivity index (χ0) is 21.3. The molecule has 0 saturated heterocycles. The van der Waals surface area contributed by atoms with Crippen LogP contribution in [0.3, 0.4) is 0 Å². The molecule has 0 spiro atoms. The largest absolute Gasteiger partial charge is 0.486 e. The van der Waals surface area contributed by atoms with Gasteiger partial charge >= 0.3 is 0 Å². The molecular formula is C19H11ClF4N2O3. The molecule has 3 N–H and O–H groups in total. The van der Waals surface area contributed by atoms with Crippen molar-refractivity contribution < 1.29 is 27.1 Å². The number of hydrogen-bond donors (Lipinski definition) is 2. The normalized spacial score (nSPS) is 10.8. The molecule has 0 aliphatic heterocycles. The standard InChI is InChI=1S/C19H11ClF4N2O3/c20-16-17(29-7-8-1-2-10(21)5-12(8)22)11(6-26-19(16)28)15-13(23)3-9(18(25)27)4-14(15)24/h1-6H,7H2,(H2,25,27)(H,26,28). The monoisotopic (exact) mass is 426 g/mol.